The molecule has 1 amide bonds. The highest BCUT2D eigenvalue weighted by Crippen LogP contribution is 2.28. The Morgan fingerprint density at radius 1 is 1.21 bits per heavy atom. The second-order valence-corrected chi connectivity index (χ2v) is 6.01. The number of nitrogens with one attached hydrogen (secondary N) is 2. The van der Waals surface area contributed by atoms with Crippen LogP contribution in [0.15, 0.2) is 30.3 Å². The van der Waals surface area contributed by atoms with Gasteiger partial charge in [0.05, 0.1) is 5.56 Å². The number of aryl methyl sites for hydroxylation is 2. The number of ether oxygens (including phenoxy) is 1. The zero-order chi connectivity index (χ0) is 17.3. The molecule has 0 fully saturated rings. The van der Waals surface area contributed by atoms with Crippen LogP contribution in [0.2, 0.25) is 0 Å². The second kappa shape index (κ2) is 5.92. The first-order chi connectivity index (χ1) is 11.4. The molecule has 7 heteroatoms. The van der Waals surface area contributed by atoms with Gasteiger partial charge in [-0.15, -0.1) is 0 Å². The molecule has 0 bridgehead atoms. The number of fused-ring (bicyclic) bond motifs is 1. The molecule has 2 heterocycles. The van der Waals surface area contributed by atoms with Gasteiger partial charge in [-0.25, -0.2) is 14.8 Å². The van der Waals surface area contributed by atoms with Gasteiger partial charge in [-0.1, -0.05) is 18.2 Å². The summed E-state index contributed by atoms with van der Waals surface area (Å²) in [4.78, 5) is 33.0. The topological polar surface area (TPSA) is 93.2 Å². The number of rotatable bonds is 3. The van der Waals surface area contributed by atoms with E-state index in [0.29, 0.717) is 12.0 Å². The zero-order valence-electron chi connectivity index (χ0n) is 13.7. The third-order valence-corrected chi connectivity index (χ3v) is 3.83. The van der Waals surface area contributed by atoms with Crippen molar-refractivity contribution in [2.75, 3.05) is 5.43 Å². The maximum atomic E-state index is 12.5. The van der Waals surface area contributed by atoms with Gasteiger partial charge in [0.15, 0.2) is 5.60 Å². The van der Waals surface area contributed by atoms with Crippen molar-refractivity contribution in [3.05, 3.63) is 52.8 Å². The van der Waals surface area contributed by atoms with E-state index in [9.17, 15) is 9.59 Å². The van der Waals surface area contributed by atoms with E-state index < -0.39 is 17.5 Å². The molecule has 1 aliphatic rings. The van der Waals surface area contributed by atoms with E-state index in [2.05, 4.69) is 20.8 Å². The van der Waals surface area contributed by atoms with Gasteiger partial charge < -0.3 is 4.74 Å². The Bertz CT molecular complexity index is 801. The van der Waals surface area contributed by atoms with Crippen LogP contribution in [0.3, 0.4) is 0 Å². The number of aromatic nitrogens is 2. The molecule has 0 saturated carbocycles. The molecule has 24 heavy (non-hydrogen) atoms. The van der Waals surface area contributed by atoms with E-state index in [0.717, 1.165) is 17.0 Å². The van der Waals surface area contributed by atoms with Crippen molar-refractivity contribution in [1.82, 2.24) is 15.4 Å². The van der Waals surface area contributed by atoms with Crippen molar-refractivity contribution < 1.29 is 14.3 Å². The average molecular weight is 326 g/mol. The van der Waals surface area contributed by atoms with Crippen molar-refractivity contribution in [2.45, 2.75) is 32.8 Å². The molecule has 2 N–H and O–H groups in total. The normalized spacial score (nSPS) is 19.2. The summed E-state index contributed by atoms with van der Waals surface area (Å²) in [6, 6.07) is 8.94. The summed E-state index contributed by atoms with van der Waals surface area (Å²) in [5.41, 5.74) is 6.75. The van der Waals surface area contributed by atoms with Gasteiger partial charge in [0.1, 0.15) is 0 Å². The van der Waals surface area contributed by atoms with Gasteiger partial charge in [-0.05, 0) is 38.5 Å². The summed E-state index contributed by atoms with van der Waals surface area (Å²) in [7, 11) is 0. The summed E-state index contributed by atoms with van der Waals surface area (Å²) in [5, 5.41) is 0. The quantitative estimate of drug-likeness (QED) is 0.659. The third-order valence-electron chi connectivity index (χ3n) is 3.83. The first kappa shape index (κ1) is 15.9. The lowest BCUT2D eigenvalue weighted by molar-refractivity contribution is -0.139. The number of hydrogen-bond donors (Lipinski definition) is 2. The van der Waals surface area contributed by atoms with Gasteiger partial charge in [-0.3, -0.25) is 15.6 Å². The van der Waals surface area contributed by atoms with Crippen LogP contribution in [0.25, 0.3) is 0 Å². The Morgan fingerprint density at radius 3 is 2.58 bits per heavy atom. The van der Waals surface area contributed by atoms with Gasteiger partial charge in [0, 0.05) is 17.8 Å². The fourth-order valence-electron chi connectivity index (χ4n) is 2.69. The SMILES string of the molecule is Cc1cc(C)nc(NNC(=O)[C@@]2(C)Cc3ccccc3C(=O)O2)n1. The molecule has 0 unspecified atom stereocenters. The van der Waals surface area contributed by atoms with Crippen LogP contribution in [0.5, 0.6) is 0 Å². The highest BCUT2D eigenvalue weighted by molar-refractivity contribution is 5.97. The number of anilines is 1. The zero-order valence-corrected chi connectivity index (χ0v) is 13.7. The first-order valence-corrected chi connectivity index (χ1v) is 7.57. The minimum atomic E-state index is -1.29. The number of carbonyl (C=O) groups is 2. The minimum absolute atomic E-state index is 0.284. The van der Waals surface area contributed by atoms with Crippen LogP contribution in [-0.4, -0.2) is 27.4 Å². The standard InChI is InChI=1S/C17H18N4O3/c1-10-8-11(2)19-16(18-10)21-20-15(23)17(3)9-12-6-4-5-7-13(12)14(22)24-17/h4-8H,9H2,1-3H3,(H,20,23)(H,18,19,21)/t17-/m1/s1. The van der Waals surface area contributed by atoms with Gasteiger partial charge in [0.2, 0.25) is 5.95 Å². The summed E-state index contributed by atoms with van der Waals surface area (Å²) < 4.78 is 5.37. The van der Waals surface area contributed by atoms with Crippen LogP contribution in [0, 0.1) is 13.8 Å². The number of benzene rings is 1. The van der Waals surface area contributed by atoms with Crippen molar-refractivity contribution in [1.29, 1.82) is 0 Å². The molecule has 7 nitrogen and oxygen atoms in total. The van der Waals surface area contributed by atoms with E-state index in [1.165, 1.54) is 0 Å². The van der Waals surface area contributed by atoms with E-state index >= 15 is 0 Å². The molecule has 1 aliphatic heterocycles. The summed E-state index contributed by atoms with van der Waals surface area (Å²) in [6.45, 7) is 5.26. The van der Waals surface area contributed by atoms with Crippen LogP contribution in [0.4, 0.5) is 5.95 Å². The van der Waals surface area contributed by atoms with Gasteiger partial charge in [0.25, 0.3) is 5.91 Å². The Balaban J connectivity index is 1.74. The Morgan fingerprint density at radius 2 is 1.88 bits per heavy atom. The van der Waals surface area contributed by atoms with E-state index in [-0.39, 0.29) is 5.95 Å². The number of hydrogen-bond acceptors (Lipinski definition) is 6. The highest BCUT2D eigenvalue weighted by atomic mass is 16.6. The van der Waals surface area contributed by atoms with Crippen molar-refractivity contribution in [2.24, 2.45) is 0 Å². The largest absolute Gasteiger partial charge is 0.445 e. The molecule has 2 aromatic rings. The molecular weight excluding hydrogens is 308 g/mol. The van der Waals surface area contributed by atoms with Gasteiger partial charge in [-0.2, -0.15) is 0 Å². The predicted molar refractivity (Wildman–Crippen MR) is 87.2 cm³/mol. The van der Waals surface area contributed by atoms with Crippen LogP contribution >= 0.6 is 0 Å². The Hall–Kier alpha value is -2.96. The Kier molecular flexibility index (Phi) is 3.92. The number of nitrogens with zero attached hydrogens (tertiary/aromatic N) is 2. The number of hydrazine groups is 1. The molecule has 3 rings (SSSR count). The fourth-order valence-corrected chi connectivity index (χ4v) is 2.69. The van der Waals surface area contributed by atoms with Crippen LogP contribution in [-0.2, 0) is 16.0 Å². The molecule has 124 valence electrons. The second-order valence-electron chi connectivity index (χ2n) is 6.01. The average Bonchev–Trinajstić information content (AvgIpc) is 2.51. The number of carbonyl (C=O) groups excluding carboxylic acids is 2. The molecule has 1 atom stereocenters. The lowest BCUT2D eigenvalue weighted by Crippen LogP contribution is -2.53. The monoisotopic (exact) mass is 326 g/mol. The maximum absolute atomic E-state index is 12.5. The Labute approximate surface area is 139 Å². The lowest BCUT2D eigenvalue weighted by Gasteiger charge is -2.32. The summed E-state index contributed by atoms with van der Waals surface area (Å²) in [5.74, 6) is -0.683. The van der Waals surface area contributed by atoms with E-state index in [1.807, 2.05) is 32.0 Å². The maximum Gasteiger partial charge on any atom is 0.339 e. The molecule has 0 aliphatic carbocycles. The minimum Gasteiger partial charge on any atom is -0.445 e. The van der Waals surface area contributed by atoms with E-state index in [1.54, 1.807) is 19.1 Å². The lowest BCUT2D eigenvalue weighted by atomic mass is 9.89. The number of amides is 1. The molecule has 0 radical (unpaired) electrons. The van der Waals surface area contributed by atoms with Crippen molar-refractivity contribution in [3.63, 3.8) is 0 Å². The highest BCUT2D eigenvalue weighted by Gasteiger charge is 2.42. The molecular formula is C17H18N4O3. The fraction of sp³-hybridized carbons (Fsp3) is 0.294. The van der Waals surface area contributed by atoms with Crippen molar-refractivity contribution in [3.8, 4) is 0 Å². The number of esters is 1. The predicted octanol–water partition coefficient (Wildman–Crippen LogP) is 1.71. The summed E-state index contributed by atoms with van der Waals surface area (Å²) >= 11 is 0. The van der Waals surface area contributed by atoms with E-state index in [4.69, 9.17) is 4.74 Å². The van der Waals surface area contributed by atoms with Crippen LogP contribution in [0.1, 0.15) is 34.2 Å². The molecule has 1 aromatic carbocycles. The molecule has 0 saturated heterocycles. The molecule has 0 spiro atoms. The molecule has 1 aromatic heterocycles. The smallest absolute Gasteiger partial charge is 0.339 e. The summed E-state index contributed by atoms with van der Waals surface area (Å²) in [6.07, 6.45) is 0.302. The first-order valence-electron chi connectivity index (χ1n) is 7.57. The van der Waals surface area contributed by atoms with Crippen LogP contribution < -0.4 is 10.9 Å². The third kappa shape index (κ3) is 3.05. The van der Waals surface area contributed by atoms with Crippen molar-refractivity contribution >= 4 is 17.8 Å². The number of cyclic esters (lactones) is 1. The van der Waals surface area contributed by atoms with Gasteiger partial charge >= 0.3 is 5.97 Å².